The van der Waals surface area contributed by atoms with Gasteiger partial charge in [0.15, 0.2) is 0 Å². The molecule has 0 aliphatic carbocycles. The lowest BCUT2D eigenvalue weighted by Gasteiger charge is -2.22. The zero-order valence-electron chi connectivity index (χ0n) is 10.3. The second-order valence-electron chi connectivity index (χ2n) is 2.91. The van der Waals surface area contributed by atoms with Crippen molar-refractivity contribution in [1.82, 2.24) is 4.90 Å². The van der Waals surface area contributed by atoms with Crippen LogP contribution in [0.1, 0.15) is 41.0 Å². The molecule has 0 aromatic carbocycles. The number of nitrogens with zero attached hydrogens (tertiary/aromatic N) is 1. The van der Waals surface area contributed by atoms with Crippen molar-refractivity contribution in [3.8, 4) is 0 Å². The first-order valence-electron chi connectivity index (χ1n) is 5.50. The number of hydrogen-bond donors (Lipinski definition) is 0. The molecular formula is C11H27NO. The van der Waals surface area contributed by atoms with Crippen molar-refractivity contribution in [2.75, 3.05) is 26.8 Å². The third kappa shape index (κ3) is 9.84. The average Bonchev–Trinajstić information content (AvgIpc) is 2.20. The highest BCUT2D eigenvalue weighted by molar-refractivity contribution is 4.60. The summed E-state index contributed by atoms with van der Waals surface area (Å²) in [5, 5.41) is 0. The van der Waals surface area contributed by atoms with Crippen molar-refractivity contribution in [3.05, 3.63) is 0 Å². The van der Waals surface area contributed by atoms with E-state index in [2.05, 4.69) is 25.8 Å². The Labute approximate surface area is 84.3 Å². The molecule has 0 N–H and O–H groups in total. The topological polar surface area (TPSA) is 12.5 Å². The van der Waals surface area contributed by atoms with Gasteiger partial charge in [0, 0.05) is 19.3 Å². The number of hydrogen-bond acceptors (Lipinski definition) is 2. The first kappa shape index (κ1) is 15.4. The molecule has 0 amide bonds. The maximum atomic E-state index is 5.27. The highest BCUT2D eigenvalue weighted by Gasteiger charge is 2.05. The fraction of sp³-hybridized carbons (Fsp3) is 1.00. The molecular weight excluding hydrogens is 162 g/mol. The molecule has 2 heteroatoms. The molecule has 0 radical (unpaired) electrons. The van der Waals surface area contributed by atoms with Crippen LogP contribution < -0.4 is 0 Å². The zero-order chi connectivity index (χ0) is 10.7. The standard InChI is InChI=1S/C9H21NO.C2H6/c1-5-10(4)9(3)7-8-11-6-2;1-2/h9H,5-8H2,1-4H3;1-2H3. The maximum Gasteiger partial charge on any atom is 0.0480 e. The monoisotopic (exact) mass is 189 g/mol. The highest BCUT2D eigenvalue weighted by atomic mass is 16.5. The van der Waals surface area contributed by atoms with Gasteiger partial charge in [0.1, 0.15) is 0 Å². The van der Waals surface area contributed by atoms with Crippen molar-refractivity contribution in [2.24, 2.45) is 0 Å². The van der Waals surface area contributed by atoms with E-state index in [0.717, 1.165) is 26.2 Å². The Bertz CT molecular complexity index is 86.2. The number of rotatable bonds is 6. The highest BCUT2D eigenvalue weighted by Crippen LogP contribution is 1.99. The van der Waals surface area contributed by atoms with E-state index in [0.29, 0.717) is 6.04 Å². The van der Waals surface area contributed by atoms with Crippen LogP contribution in [0.25, 0.3) is 0 Å². The van der Waals surface area contributed by atoms with Gasteiger partial charge in [0.25, 0.3) is 0 Å². The van der Waals surface area contributed by atoms with Gasteiger partial charge in [-0.15, -0.1) is 0 Å². The summed E-state index contributed by atoms with van der Waals surface area (Å²) in [6.07, 6.45) is 1.14. The second-order valence-corrected chi connectivity index (χ2v) is 2.91. The van der Waals surface area contributed by atoms with E-state index in [1.165, 1.54) is 0 Å². The number of ether oxygens (including phenoxy) is 1. The Kier molecular flexibility index (Phi) is 14.1. The van der Waals surface area contributed by atoms with Gasteiger partial charge in [-0.05, 0) is 33.9 Å². The Balaban J connectivity index is 0. The second kappa shape index (κ2) is 11.9. The van der Waals surface area contributed by atoms with Crippen LogP contribution in [-0.4, -0.2) is 37.7 Å². The van der Waals surface area contributed by atoms with Gasteiger partial charge in [0.05, 0.1) is 0 Å². The summed E-state index contributed by atoms with van der Waals surface area (Å²) in [6, 6.07) is 0.645. The van der Waals surface area contributed by atoms with Crippen LogP contribution in [0.5, 0.6) is 0 Å². The molecule has 0 fully saturated rings. The minimum atomic E-state index is 0.645. The van der Waals surface area contributed by atoms with Crippen molar-refractivity contribution in [3.63, 3.8) is 0 Å². The third-order valence-corrected chi connectivity index (χ3v) is 2.14. The van der Waals surface area contributed by atoms with Gasteiger partial charge in [0.2, 0.25) is 0 Å². The lowest BCUT2D eigenvalue weighted by atomic mass is 10.2. The molecule has 13 heavy (non-hydrogen) atoms. The van der Waals surface area contributed by atoms with E-state index in [4.69, 9.17) is 4.74 Å². The van der Waals surface area contributed by atoms with Crippen LogP contribution in [0, 0.1) is 0 Å². The van der Waals surface area contributed by atoms with E-state index in [9.17, 15) is 0 Å². The molecule has 0 aliphatic rings. The lowest BCUT2D eigenvalue weighted by Crippen LogP contribution is -2.29. The summed E-state index contributed by atoms with van der Waals surface area (Å²) in [7, 11) is 2.15. The van der Waals surface area contributed by atoms with E-state index in [1.54, 1.807) is 0 Å². The summed E-state index contributed by atoms with van der Waals surface area (Å²) in [5.41, 5.74) is 0. The fourth-order valence-corrected chi connectivity index (χ4v) is 0.930. The van der Waals surface area contributed by atoms with Crippen LogP contribution >= 0.6 is 0 Å². The molecule has 2 nitrogen and oxygen atoms in total. The molecule has 0 aromatic rings. The van der Waals surface area contributed by atoms with Gasteiger partial charge >= 0.3 is 0 Å². The SMILES string of the molecule is CC.CCOCCC(C)N(C)CC. The van der Waals surface area contributed by atoms with Crippen molar-refractivity contribution in [1.29, 1.82) is 0 Å². The minimum Gasteiger partial charge on any atom is -0.382 e. The minimum absolute atomic E-state index is 0.645. The average molecular weight is 189 g/mol. The van der Waals surface area contributed by atoms with Gasteiger partial charge in [-0.25, -0.2) is 0 Å². The van der Waals surface area contributed by atoms with Gasteiger partial charge in [-0.1, -0.05) is 20.8 Å². The first-order valence-corrected chi connectivity index (χ1v) is 5.50. The predicted octanol–water partition coefficient (Wildman–Crippen LogP) is 2.78. The summed E-state index contributed by atoms with van der Waals surface area (Å²) in [6.45, 7) is 13.3. The summed E-state index contributed by atoms with van der Waals surface area (Å²) in [4.78, 5) is 2.33. The molecule has 0 bridgehead atoms. The quantitative estimate of drug-likeness (QED) is 0.596. The largest absolute Gasteiger partial charge is 0.382 e. The van der Waals surface area contributed by atoms with Gasteiger partial charge in [-0.2, -0.15) is 0 Å². The zero-order valence-corrected chi connectivity index (χ0v) is 10.3. The maximum absolute atomic E-state index is 5.27. The van der Waals surface area contributed by atoms with Crippen LogP contribution in [0.2, 0.25) is 0 Å². The van der Waals surface area contributed by atoms with E-state index < -0.39 is 0 Å². The molecule has 0 spiro atoms. The molecule has 0 saturated heterocycles. The molecule has 0 aliphatic heterocycles. The Morgan fingerprint density at radius 2 is 1.77 bits per heavy atom. The predicted molar refractivity (Wildman–Crippen MR) is 60.2 cm³/mol. The Hall–Kier alpha value is -0.0800. The van der Waals surface area contributed by atoms with Crippen molar-refractivity contribution >= 4 is 0 Å². The van der Waals surface area contributed by atoms with Crippen LogP contribution in [0.15, 0.2) is 0 Å². The van der Waals surface area contributed by atoms with Gasteiger partial charge < -0.3 is 9.64 Å². The fourth-order valence-electron chi connectivity index (χ4n) is 0.930. The first-order chi connectivity index (χ1) is 6.22. The molecule has 82 valence electrons. The van der Waals surface area contributed by atoms with Crippen LogP contribution in [-0.2, 0) is 4.74 Å². The normalized spacial score (nSPS) is 12.2. The molecule has 1 atom stereocenters. The lowest BCUT2D eigenvalue weighted by molar-refractivity contribution is 0.120. The summed E-state index contributed by atoms with van der Waals surface area (Å²) >= 11 is 0. The smallest absolute Gasteiger partial charge is 0.0480 e. The summed E-state index contributed by atoms with van der Waals surface area (Å²) < 4.78 is 5.27. The molecule has 0 heterocycles. The third-order valence-electron chi connectivity index (χ3n) is 2.14. The van der Waals surface area contributed by atoms with Crippen LogP contribution in [0.3, 0.4) is 0 Å². The molecule has 0 aromatic heterocycles. The summed E-state index contributed by atoms with van der Waals surface area (Å²) in [5.74, 6) is 0. The van der Waals surface area contributed by atoms with E-state index in [1.807, 2.05) is 20.8 Å². The van der Waals surface area contributed by atoms with E-state index in [-0.39, 0.29) is 0 Å². The van der Waals surface area contributed by atoms with Crippen molar-refractivity contribution in [2.45, 2.75) is 47.1 Å². The Morgan fingerprint density at radius 3 is 2.15 bits per heavy atom. The van der Waals surface area contributed by atoms with Crippen LogP contribution in [0.4, 0.5) is 0 Å². The molecule has 1 unspecified atom stereocenters. The molecule has 0 rings (SSSR count). The van der Waals surface area contributed by atoms with Crippen molar-refractivity contribution < 1.29 is 4.74 Å². The Morgan fingerprint density at radius 1 is 1.23 bits per heavy atom. The molecule has 0 saturated carbocycles. The van der Waals surface area contributed by atoms with Gasteiger partial charge in [-0.3, -0.25) is 0 Å². The van der Waals surface area contributed by atoms with E-state index >= 15 is 0 Å².